The Kier molecular flexibility index (Phi) is 4.39. The molecule has 0 saturated heterocycles. The second kappa shape index (κ2) is 5.59. The minimum Gasteiger partial charge on any atom is -0.497 e. The first kappa shape index (κ1) is 11.0. The predicted octanol–water partition coefficient (Wildman–Crippen LogP) is 0.880. The summed E-state index contributed by atoms with van der Waals surface area (Å²) in [6, 6.07) is 7.30. The molecule has 0 aliphatic rings. The van der Waals surface area contributed by atoms with Crippen LogP contribution in [0.1, 0.15) is 11.7 Å². The minimum absolute atomic E-state index is 0.351. The number of methoxy groups -OCH3 is 1. The van der Waals surface area contributed by atoms with Gasteiger partial charge in [0.15, 0.2) is 0 Å². The van der Waals surface area contributed by atoms with E-state index in [1.54, 1.807) is 13.2 Å². The Bertz CT molecular complexity index is 278. The Labute approximate surface area is 83.4 Å². The molecule has 0 aromatic heterocycles. The molecule has 14 heavy (non-hydrogen) atoms. The minimum atomic E-state index is -0.593. The smallest absolute Gasteiger partial charge is 0.119 e. The highest BCUT2D eigenvalue weighted by Crippen LogP contribution is 2.18. The SMILES string of the molecule is CONCC(O)c1cccc(OC)c1. The zero-order valence-electron chi connectivity index (χ0n) is 8.36. The van der Waals surface area contributed by atoms with E-state index in [4.69, 9.17) is 4.74 Å². The van der Waals surface area contributed by atoms with Crippen molar-refractivity contribution in [3.05, 3.63) is 29.8 Å². The van der Waals surface area contributed by atoms with Crippen molar-refractivity contribution in [1.29, 1.82) is 0 Å². The van der Waals surface area contributed by atoms with Crippen molar-refractivity contribution in [2.24, 2.45) is 0 Å². The quantitative estimate of drug-likeness (QED) is 0.688. The third-order valence-electron chi connectivity index (χ3n) is 1.90. The van der Waals surface area contributed by atoms with Crippen molar-refractivity contribution in [3.63, 3.8) is 0 Å². The maximum atomic E-state index is 9.67. The summed E-state index contributed by atoms with van der Waals surface area (Å²) in [5, 5.41) is 9.67. The largest absolute Gasteiger partial charge is 0.497 e. The van der Waals surface area contributed by atoms with Gasteiger partial charge in [0.1, 0.15) is 5.75 Å². The number of hydrogen-bond donors (Lipinski definition) is 2. The van der Waals surface area contributed by atoms with Crippen LogP contribution in [0.3, 0.4) is 0 Å². The van der Waals surface area contributed by atoms with Crippen LogP contribution in [0, 0.1) is 0 Å². The van der Waals surface area contributed by atoms with Gasteiger partial charge >= 0.3 is 0 Å². The molecule has 0 spiro atoms. The van der Waals surface area contributed by atoms with Gasteiger partial charge in [-0.25, -0.2) is 0 Å². The van der Waals surface area contributed by atoms with E-state index in [-0.39, 0.29) is 0 Å². The first-order valence-electron chi connectivity index (χ1n) is 4.35. The molecular weight excluding hydrogens is 182 g/mol. The van der Waals surface area contributed by atoms with Gasteiger partial charge in [-0.15, -0.1) is 0 Å². The molecule has 0 aliphatic heterocycles. The Morgan fingerprint density at radius 3 is 2.86 bits per heavy atom. The maximum Gasteiger partial charge on any atom is 0.119 e. The molecule has 0 fully saturated rings. The van der Waals surface area contributed by atoms with Gasteiger partial charge < -0.3 is 14.7 Å². The number of aliphatic hydroxyl groups excluding tert-OH is 1. The van der Waals surface area contributed by atoms with Crippen molar-refractivity contribution < 1.29 is 14.7 Å². The fourth-order valence-corrected chi connectivity index (χ4v) is 1.13. The first-order chi connectivity index (χ1) is 6.77. The zero-order chi connectivity index (χ0) is 10.4. The second-order valence-electron chi connectivity index (χ2n) is 2.84. The molecule has 0 aliphatic carbocycles. The maximum absolute atomic E-state index is 9.67. The summed E-state index contributed by atoms with van der Waals surface area (Å²) < 4.78 is 5.05. The number of nitrogens with one attached hydrogen (secondary N) is 1. The second-order valence-corrected chi connectivity index (χ2v) is 2.84. The molecular formula is C10H15NO3. The van der Waals surface area contributed by atoms with Gasteiger partial charge in [0.2, 0.25) is 0 Å². The predicted molar refractivity (Wildman–Crippen MR) is 53.0 cm³/mol. The van der Waals surface area contributed by atoms with Crippen LogP contribution >= 0.6 is 0 Å². The summed E-state index contributed by atoms with van der Waals surface area (Å²) in [7, 11) is 3.11. The van der Waals surface area contributed by atoms with Gasteiger partial charge in [-0.05, 0) is 17.7 Å². The summed E-state index contributed by atoms with van der Waals surface area (Å²) in [6.45, 7) is 0.351. The molecule has 0 bridgehead atoms. The van der Waals surface area contributed by atoms with Crippen LogP contribution < -0.4 is 10.2 Å². The van der Waals surface area contributed by atoms with Crippen LogP contribution in [0.5, 0.6) is 5.75 Å². The van der Waals surface area contributed by atoms with E-state index >= 15 is 0 Å². The van der Waals surface area contributed by atoms with Crippen molar-refractivity contribution in [1.82, 2.24) is 5.48 Å². The highest BCUT2D eigenvalue weighted by molar-refractivity contribution is 5.29. The zero-order valence-corrected chi connectivity index (χ0v) is 8.36. The number of ether oxygens (including phenoxy) is 1. The molecule has 4 nitrogen and oxygen atoms in total. The molecule has 78 valence electrons. The van der Waals surface area contributed by atoms with Crippen molar-refractivity contribution in [2.45, 2.75) is 6.10 Å². The number of rotatable bonds is 5. The molecule has 1 aromatic rings. The van der Waals surface area contributed by atoms with E-state index in [2.05, 4.69) is 10.3 Å². The lowest BCUT2D eigenvalue weighted by Gasteiger charge is -2.11. The van der Waals surface area contributed by atoms with Crippen molar-refractivity contribution in [2.75, 3.05) is 20.8 Å². The Morgan fingerprint density at radius 1 is 1.43 bits per heavy atom. The van der Waals surface area contributed by atoms with Crippen LogP contribution in [0.2, 0.25) is 0 Å². The average Bonchev–Trinajstić information content (AvgIpc) is 2.26. The summed E-state index contributed by atoms with van der Waals surface area (Å²) in [6.07, 6.45) is -0.593. The highest BCUT2D eigenvalue weighted by Gasteiger charge is 2.07. The summed E-state index contributed by atoms with van der Waals surface area (Å²) in [5.41, 5.74) is 3.39. The van der Waals surface area contributed by atoms with Gasteiger partial charge in [-0.2, -0.15) is 5.48 Å². The molecule has 1 atom stereocenters. The lowest BCUT2D eigenvalue weighted by atomic mass is 10.1. The van der Waals surface area contributed by atoms with Crippen LogP contribution in [0.25, 0.3) is 0 Å². The van der Waals surface area contributed by atoms with E-state index in [0.717, 1.165) is 11.3 Å². The van der Waals surface area contributed by atoms with Gasteiger partial charge in [0, 0.05) is 0 Å². The van der Waals surface area contributed by atoms with Crippen molar-refractivity contribution >= 4 is 0 Å². The Hall–Kier alpha value is -1.10. The summed E-state index contributed by atoms with van der Waals surface area (Å²) >= 11 is 0. The molecule has 2 N–H and O–H groups in total. The topological polar surface area (TPSA) is 50.7 Å². The fourth-order valence-electron chi connectivity index (χ4n) is 1.13. The molecule has 0 radical (unpaired) electrons. The van der Waals surface area contributed by atoms with E-state index < -0.39 is 6.10 Å². The van der Waals surface area contributed by atoms with Gasteiger partial charge in [0.05, 0.1) is 26.9 Å². The lowest BCUT2D eigenvalue weighted by Crippen LogP contribution is -2.20. The van der Waals surface area contributed by atoms with E-state index in [0.29, 0.717) is 6.54 Å². The van der Waals surface area contributed by atoms with Gasteiger partial charge in [-0.3, -0.25) is 0 Å². The molecule has 0 heterocycles. The van der Waals surface area contributed by atoms with Crippen LogP contribution in [-0.2, 0) is 4.84 Å². The van der Waals surface area contributed by atoms with E-state index in [9.17, 15) is 5.11 Å². The summed E-state index contributed by atoms with van der Waals surface area (Å²) in [4.78, 5) is 4.65. The molecule has 1 aromatic carbocycles. The third-order valence-corrected chi connectivity index (χ3v) is 1.90. The lowest BCUT2D eigenvalue weighted by molar-refractivity contribution is 0.0498. The van der Waals surface area contributed by atoms with Gasteiger partial charge in [-0.1, -0.05) is 12.1 Å². The molecule has 1 rings (SSSR count). The van der Waals surface area contributed by atoms with Crippen LogP contribution in [-0.4, -0.2) is 25.9 Å². The number of hydrogen-bond acceptors (Lipinski definition) is 4. The fraction of sp³-hybridized carbons (Fsp3) is 0.400. The molecule has 4 heteroatoms. The van der Waals surface area contributed by atoms with Crippen LogP contribution in [0.4, 0.5) is 0 Å². The molecule has 0 saturated carbocycles. The molecule has 1 unspecified atom stereocenters. The van der Waals surface area contributed by atoms with E-state index in [1.165, 1.54) is 7.11 Å². The Morgan fingerprint density at radius 2 is 2.21 bits per heavy atom. The normalized spacial score (nSPS) is 12.5. The number of benzene rings is 1. The standard InChI is InChI=1S/C10H15NO3/c1-13-9-5-3-4-8(6-9)10(12)7-11-14-2/h3-6,10-12H,7H2,1-2H3. The third kappa shape index (κ3) is 2.99. The first-order valence-corrected chi connectivity index (χ1v) is 4.35. The monoisotopic (exact) mass is 197 g/mol. The molecule has 0 amide bonds. The Balaban J connectivity index is 2.64. The average molecular weight is 197 g/mol. The highest BCUT2D eigenvalue weighted by atomic mass is 16.6. The van der Waals surface area contributed by atoms with Crippen molar-refractivity contribution in [3.8, 4) is 5.75 Å². The van der Waals surface area contributed by atoms with E-state index in [1.807, 2.05) is 18.2 Å². The summed E-state index contributed by atoms with van der Waals surface area (Å²) in [5.74, 6) is 0.735. The number of aliphatic hydroxyl groups is 1. The van der Waals surface area contributed by atoms with Gasteiger partial charge in [0.25, 0.3) is 0 Å². The van der Waals surface area contributed by atoms with Crippen LogP contribution in [0.15, 0.2) is 24.3 Å². The number of hydroxylamine groups is 1.